The van der Waals surface area contributed by atoms with Gasteiger partial charge in [0.05, 0.1) is 17.3 Å². The molecule has 1 aromatic carbocycles. The zero-order valence-corrected chi connectivity index (χ0v) is 16.2. The van der Waals surface area contributed by atoms with Gasteiger partial charge >= 0.3 is 0 Å². The van der Waals surface area contributed by atoms with Gasteiger partial charge in [0.25, 0.3) is 5.56 Å². The Kier molecular flexibility index (Phi) is 4.49. The maximum atomic E-state index is 13.3. The Morgan fingerprint density at radius 2 is 2.00 bits per heavy atom. The molecular formula is C24H22N4O. The van der Waals surface area contributed by atoms with Crippen molar-refractivity contribution in [3.63, 3.8) is 0 Å². The Hall–Kier alpha value is -3.23. The third kappa shape index (κ3) is 3.37. The van der Waals surface area contributed by atoms with E-state index in [0.717, 1.165) is 49.6 Å². The molecule has 2 aliphatic heterocycles. The van der Waals surface area contributed by atoms with Crippen LogP contribution in [0, 0.1) is 17.2 Å². The van der Waals surface area contributed by atoms with Crippen molar-refractivity contribution in [1.29, 1.82) is 5.26 Å². The second kappa shape index (κ2) is 7.31. The van der Waals surface area contributed by atoms with Gasteiger partial charge in [0, 0.05) is 49.6 Å². The lowest BCUT2D eigenvalue weighted by molar-refractivity contribution is 0.113. The van der Waals surface area contributed by atoms with Crippen LogP contribution in [0.3, 0.4) is 0 Å². The van der Waals surface area contributed by atoms with Crippen LogP contribution in [0.15, 0.2) is 65.6 Å². The number of rotatable bonds is 3. The molecule has 2 bridgehead atoms. The molecule has 0 unspecified atom stereocenters. The minimum Gasteiger partial charge on any atom is -0.311 e. The third-order valence-corrected chi connectivity index (χ3v) is 6.09. The molecule has 29 heavy (non-hydrogen) atoms. The van der Waals surface area contributed by atoms with E-state index >= 15 is 0 Å². The molecule has 0 amide bonds. The zero-order valence-electron chi connectivity index (χ0n) is 16.2. The Morgan fingerprint density at radius 1 is 1.07 bits per heavy atom. The predicted molar refractivity (Wildman–Crippen MR) is 111 cm³/mol. The van der Waals surface area contributed by atoms with Gasteiger partial charge in [-0.3, -0.25) is 14.7 Å². The summed E-state index contributed by atoms with van der Waals surface area (Å²) in [5.74, 6) is 0.849. The van der Waals surface area contributed by atoms with Crippen molar-refractivity contribution in [3.05, 3.63) is 88.1 Å². The van der Waals surface area contributed by atoms with Gasteiger partial charge in [-0.05, 0) is 54.3 Å². The fourth-order valence-electron chi connectivity index (χ4n) is 4.87. The molecule has 0 saturated carbocycles. The first-order valence-electron chi connectivity index (χ1n) is 10.1. The van der Waals surface area contributed by atoms with Crippen LogP contribution in [0.1, 0.15) is 29.3 Å². The van der Waals surface area contributed by atoms with Gasteiger partial charge in [0.2, 0.25) is 0 Å². The highest BCUT2D eigenvalue weighted by atomic mass is 16.1. The lowest BCUT2D eigenvalue weighted by Crippen LogP contribution is -2.47. The summed E-state index contributed by atoms with van der Waals surface area (Å²) >= 11 is 0. The fourth-order valence-corrected chi connectivity index (χ4v) is 4.87. The summed E-state index contributed by atoms with van der Waals surface area (Å²) in [6.45, 7) is 3.56. The van der Waals surface area contributed by atoms with E-state index in [2.05, 4.69) is 28.1 Å². The van der Waals surface area contributed by atoms with E-state index in [0.29, 0.717) is 23.0 Å². The van der Waals surface area contributed by atoms with Crippen molar-refractivity contribution in [2.45, 2.75) is 25.4 Å². The largest absolute Gasteiger partial charge is 0.311 e. The van der Waals surface area contributed by atoms with Crippen LogP contribution in [0.2, 0.25) is 0 Å². The lowest BCUT2D eigenvalue weighted by atomic mass is 9.82. The van der Waals surface area contributed by atoms with E-state index in [1.165, 1.54) is 0 Å². The molecule has 3 aromatic rings. The third-order valence-electron chi connectivity index (χ3n) is 6.09. The number of aromatic nitrogens is 2. The molecule has 2 aliphatic rings. The second-order valence-electron chi connectivity index (χ2n) is 8.09. The molecule has 144 valence electrons. The van der Waals surface area contributed by atoms with Crippen LogP contribution in [0.4, 0.5) is 0 Å². The maximum Gasteiger partial charge on any atom is 0.258 e. The number of likely N-dealkylation sites (tertiary alicyclic amines) is 1. The van der Waals surface area contributed by atoms with E-state index in [4.69, 9.17) is 5.26 Å². The molecule has 1 saturated heterocycles. The van der Waals surface area contributed by atoms with Gasteiger partial charge < -0.3 is 4.57 Å². The summed E-state index contributed by atoms with van der Waals surface area (Å²) in [5, 5.41) is 9.17. The number of benzene rings is 1. The molecule has 1 fully saturated rings. The summed E-state index contributed by atoms with van der Waals surface area (Å²) in [4.78, 5) is 20.2. The lowest BCUT2D eigenvalue weighted by Gasteiger charge is -2.42. The summed E-state index contributed by atoms with van der Waals surface area (Å²) in [6, 6.07) is 19.6. The highest BCUT2D eigenvalue weighted by Crippen LogP contribution is 2.36. The van der Waals surface area contributed by atoms with Gasteiger partial charge in [0.1, 0.15) is 0 Å². The van der Waals surface area contributed by atoms with Crippen molar-refractivity contribution >= 4 is 0 Å². The first kappa shape index (κ1) is 17.8. The topological polar surface area (TPSA) is 61.9 Å². The first-order chi connectivity index (χ1) is 14.2. The SMILES string of the molecule is N#Cc1cccc(-c2ccc3n(c2=O)C[C@H]2C[C@@H]3CN(Cc3ccccn3)C2)c1. The molecule has 0 radical (unpaired) electrons. The highest BCUT2D eigenvalue weighted by Gasteiger charge is 2.35. The number of hydrogen-bond donors (Lipinski definition) is 0. The minimum absolute atomic E-state index is 0.0606. The molecule has 0 spiro atoms. The predicted octanol–water partition coefficient (Wildman–Crippen LogP) is 3.40. The Labute approximate surface area is 169 Å². The summed E-state index contributed by atoms with van der Waals surface area (Å²) < 4.78 is 1.98. The van der Waals surface area contributed by atoms with E-state index in [9.17, 15) is 4.79 Å². The van der Waals surface area contributed by atoms with Crippen LogP contribution in [-0.2, 0) is 13.1 Å². The van der Waals surface area contributed by atoms with Crippen molar-refractivity contribution in [2.75, 3.05) is 13.1 Å². The molecule has 0 N–H and O–H groups in total. The monoisotopic (exact) mass is 382 g/mol. The van der Waals surface area contributed by atoms with Crippen LogP contribution < -0.4 is 5.56 Å². The molecule has 5 nitrogen and oxygen atoms in total. The van der Waals surface area contributed by atoms with Crippen molar-refractivity contribution in [2.24, 2.45) is 5.92 Å². The number of nitrogens with zero attached hydrogens (tertiary/aromatic N) is 4. The molecule has 5 rings (SSSR count). The van der Waals surface area contributed by atoms with Crippen LogP contribution in [0.5, 0.6) is 0 Å². The molecule has 2 atom stereocenters. The van der Waals surface area contributed by atoms with Crippen LogP contribution >= 0.6 is 0 Å². The van der Waals surface area contributed by atoms with Gasteiger partial charge in [0.15, 0.2) is 0 Å². The van der Waals surface area contributed by atoms with Gasteiger partial charge in [-0.2, -0.15) is 5.26 Å². The van der Waals surface area contributed by atoms with Gasteiger partial charge in [-0.1, -0.05) is 18.2 Å². The average molecular weight is 382 g/mol. The number of nitriles is 1. The normalized spacial score (nSPS) is 20.7. The highest BCUT2D eigenvalue weighted by molar-refractivity contribution is 5.64. The minimum atomic E-state index is 0.0606. The van der Waals surface area contributed by atoms with E-state index < -0.39 is 0 Å². The first-order valence-corrected chi connectivity index (χ1v) is 10.1. The number of pyridine rings is 2. The summed E-state index contributed by atoms with van der Waals surface area (Å²) in [6.07, 6.45) is 2.99. The average Bonchev–Trinajstić information content (AvgIpc) is 2.75. The number of piperidine rings is 1. The van der Waals surface area contributed by atoms with E-state index in [1.54, 1.807) is 12.1 Å². The van der Waals surface area contributed by atoms with Crippen molar-refractivity contribution in [1.82, 2.24) is 14.5 Å². The Morgan fingerprint density at radius 3 is 2.83 bits per heavy atom. The second-order valence-corrected chi connectivity index (χ2v) is 8.09. The number of hydrogen-bond acceptors (Lipinski definition) is 4. The van der Waals surface area contributed by atoms with Crippen LogP contribution in [-0.4, -0.2) is 27.5 Å². The smallest absolute Gasteiger partial charge is 0.258 e. The van der Waals surface area contributed by atoms with E-state index in [1.807, 2.05) is 41.1 Å². The van der Waals surface area contributed by atoms with Gasteiger partial charge in [-0.25, -0.2) is 0 Å². The van der Waals surface area contributed by atoms with Crippen LogP contribution in [0.25, 0.3) is 11.1 Å². The summed E-state index contributed by atoms with van der Waals surface area (Å²) in [5.41, 5.74) is 4.36. The molecule has 5 heteroatoms. The molecule has 4 heterocycles. The van der Waals surface area contributed by atoms with Crippen molar-refractivity contribution < 1.29 is 0 Å². The fraction of sp³-hybridized carbons (Fsp3) is 0.292. The van der Waals surface area contributed by atoms with Crippen molar-refractivity contribution in [3.8, 4) is 17.2 Å². The van der Waals surface area contributed by atoms with Gasteiger partial charge in [-0.15, -0.1) is 0 Å². The molecule has 0 aliphatic carbocycles. The molecular weight excluding hydrogens is 360 g/mol. The summed E-state index contributed by atoms with van der Waals surface area (Å²) in [7, 11) is 0. The zero-order chi connectivity index (χ0) is 19.8. The maximum absolute atomic E-state index is 13.3. The quantitative estimate of drug-likeness (QED) is 0.697. The molecule has 2 aromatic heterocycles. The standard InChI is InChI=1S/C24H22N4O/c25-12-17-4-3-5-19(10-17)22-7-8-23-20-11-18(14-28(23)24(22)29)13-27(15-20)16-21-6-1-2-9-26-21/h1-10,18,20H,11,13-16H2/t18-,20+/m0/s1. The Balaban J connectivity index is 1.45. The number of fused-ring (bicyclic) bond motifs is 4. The Bertz CT molecular complexity index is 1150. The van der Waals surface area contributed by atoms with E-state index in [-0.39, 0.29) is 5.56 Å².